The van der Waals surface area contributed by atoms with Crippen molar-refractivity contribution in [2.75, 3.05) is 20.3 Å². The molecule has 0 saturated carbocycles. The van der Waals surface area contributed by atoms with Gasteiger partial charge in [0, 0.05) is 12.6 Å². The van der Waals surface area contributed by atoms with Crippen molar-refractivity contribution in [1.29, 1.82) is 0 Å². The SMILES string of the molecule is CCOC(=O)CN(Cc1ccccc1)C(C)CC(=O)OC. The van der Waals surface area contributed by atoms with Crippen molar-refractivity contribution in [3.05, 3.63) is 35.9 Å². The zero-order valence-corrected chi connectivity index (χ0v) is 12.9. The number of carbonyl (C=O) groups excluding carboxylic acids is 2. The number of esters is 2. The van der Waals surface area contributed by atoms with Gasteiger partial charge in [-0.3, -0.25) is 14.5 Å². The standard InChI is InChI=1S/C16H23NO4/c1-4-21-16(19)12-17(13(2)10-15(18)20-3)11-14-8-6-5-7-9-14/h5-9,13H,4,10-12H2,1-3H3. The second-order valence-corrected chi connectivity index (χ2v) is 4.82. The second kappa shape index (κ2) is 9.13. The van der Waals surface area contributed by atoms with Gasteiger partial charge >= 0.3 is 11.9 Å². The molecule has 0 N–H and O–H groups in total. The summed E-state index contributed by atoms with van der Waals surface area (Å²) in [5.74, 6) is -0.574. The lowest BCUT2D eigenvalue weighted by atomic mass is 10.1. The van der Waals surface area contributed by atoms with Gasteiger partial charge in [0.25, 0.3) is 0 Å². The van der Waals surface area contributed by atoms with E-state index in [1.165, 1.54) is 7.11 Å². The molecule has 1 aromatic carbocycles. The first-order valence-electron chi connectivity index (χ1n) is 7.07. The van der Waals surface area contributed by atoms with E-state index < -0.39 is 0 Å². The van der Waals surface area contributed by atoms with E-state index in [1.807, 2.05) is 42.2 Å². The lowest BCUT2D eigenvalue weighted by Gasteiger charge is -2.27. The van der Waals surface area contributed by atoms with Crippen molar-refractivity contribution in [3.8, 4) is 0 Å². The Balaban J connectivity index is 2.73. The summed E-state index contributed by atoms with van der Waals surface area (Å²) < 4.78 is 9.69. The molecule has 0 aliphatic carbocycles. The van der Waals surface area contributed by atoms with E-state index in [0.29, 0.717) is 13.2 Å². The molecule has 0 bridgehead atoms. The molecule has 1 aromatic rings. The summed E-state index contributed by atoms with van der Waals surface area (Å²) in [6.07, 6.45) is 0.239. The molecular formula is C16H23NO4. The van der Waals surface area contributed by atoms with Crippen LogP contribution in [0.2, 0.25) is 0 Å². The highest BCUT2D eigenvalue weighted by Gasteiger charge is 2.21. The number of hydrogen-bond donors (Lipinski definition) is 0. The first-order valence-corrected chi connectivity index (χ1v) is 7.07. The summed E-state index contributed by atoms with van der Waals surface area (Å²) in [4.78, 5) is 25.1. The van der Waals surface area contributed by atoms with Gasteiger partial charge in [-0.2, -0.15) is 0 Å². The fraction of sp³-hybridized carbons (Fsp3) is 0.500. The number of ether oxygens (including phenoxy) is 2. The molecule has 1 unspecified atom stereocenters. The Morgan fingerprint density at radius 1 is 1.19 bits per heavy atom. The van der Waals surface area contributed by atoms with Gasteiger partial charge in [-0.15, -0.1) is 0 Å². The maximum Gasteiger partial charge on any atom is 0.320 e. The van der Waals surface area contributed by atoms with E-state index in [2.05, 4.69) is 0 Å². The van der Waals surface area contributed by atoms with Crippen LogP contribution in [-0.4, -0.2) is 43.1 Å². The summed E-state index contributed by atoms with van der Waals surface area (Å²) in [6, 6.07) is 9.71. The van der Waals surface area contributed by atoms with Crippen LogP contribution in [0.5, 0.6) is 0 Å². The second-order valence-electron chi connectivity index (χ2n) is 4.82. The first-order chi connectivity index (χ1) is 10.1. The van der Waals surface area contributed by atoms with E-state index in [9.17, 15) is 9.59 Å². The maximum absolute atomic E-state index is 11.7. The zero-order chi connectivity index (χ0) is 15.7. The minimum Gasteiger partial charge on any atom is -0.469 e. The molecule has 0 fully saturated rings. The Morgan fingerprint density at radius 3 is 2.43 bits per heavy atom. The maximum atomic E-state index is 11.7. The highest BCUT2D eigenvalue weighted by Crippen LogP contribution is 2.11. The summed E-state index contributed by atoms with van der Waals surface area (Å²) in [5, 5.41) is 0. The normalized spacial score (nSPS) is 12.0. The topological polar surface area (TPSA) is 55.8 Å². The van der Waals surface area contributed by atoms with Crippen LogP contribution in [-0.2, 0) is 25.6 Å². The van der Waals surface area contributed by atoms with Gasteiger partial charge in [0.2, 0.25) is 0 Å². The number of nitrogens with zero attached hydrogens (tertiary/aromatic N) is 1. The largest absolute Gasteiger partial charge is 0.469 e. The smallest absolute Gasteiger partial charge is 0.320 e. The van der Waals surface area contributed by atoms with Gasteiger partial charge in [0.05, 0.1) is 26.7 Å². The average Bonchev–Trinajstić information content (AvgIpc) is 2.47. The molecule has 1 atom stereocenters. The Bertz CT molecular complexity index is 447. The highest BCUT2D eigenvalue weighted by molar-refractivity contribution is 5.72. The van der Waals surface area contributed by atoms with Crippen LogP contribution in [0.1, 0.15) is 25.8 Å². The van der Waals surface area contributed by atoms with Crippen LogP contribution in [0.15, 0.2) is 30.3 Å². The van der Waals surface area contributed by atoms with Crippen LogP contribution < -0.4 is 0 Å². The summed E-state index contributed by atoms with van der Waals surface area (Å²) in [7, 11) is 1.36. The van der Waals surface area contributed by atoms with E-state index >= 15 is 0 Å². The van der Waals surface area contributed by atoms with Gasteiger partial charge in [-0.1, -0.05) is 30.3 Å². The van der Waals surface area contributed by atoms with Crippen molar-refractivity contribution in [2.24, 2.45) is 0 Å². The van der Waals surface area contributed by atoms with Crippen LogP contribution in [0.4, 0.5) is 0 Å². The molecule has 0 spiro atoms. The quantitative estimate of drug-likeness (QED) is 0.686. The van der Waals surface area contributed by atoms with E-state index in [1.54, 1.807) is 6.92 Å². The molecule has 21 heavy (non-hydrogen) atoms. The molecule has 1 rings (SSSR count). The first kappa shape index (κ1) is 17.2. The Morgan fingerprint density at radius 2 is 1.86 bits per heavy atom. The van der Waals surface area contributed by atoms with Crippen molar-refractivity contribution in [2.45, 2.75) is 32.9 Å². The molecule has 116 valence electrons. The van der Waals surface area contributed by atoms with E-state index in [0.717, 1.165) is 5.56 Å². The van der Waals surface area contributed by atoms with E-state index in [4.69, 9.17) is 9.47 Å². The third kappa shape index (κ3) is 6.40. The molecule has 0 amide bonds. The fourth-order valence-electron chi connectivity index (χ4n) is 2.01. The number of benzene rings is 1. The molecule has 0 aliphatic heterocycles. The van der Waals surface area contributed by atoms with Crippen LogP contribution in [0.25, 0.3) is 0 Å². The van der Waals surface area contributed by atoms with Crippen LogP contribution >= 0.6 is 0 Å². The van der Waals surface area contributed by atoms with Crippen molar-refractivity contribution in [1.82, 2.24) is 4.90 Å². The minimum absolute atomic E-state index is 0.109. The minimum atomic E-state index is -0.288. The third-order valence-corrected chi connectivity index (χ3v) is 3.18. The van der Waals surface area contributed by atoms with Gasteiger partial charge < -0.3 is 9.47 Å². The van der Waals surface area contributed by atoms with Gasteiger partial charge in [0.1, 0.15) is 0 Å². The molecule has 5 heteroatoms. The predicted molar refractivity (Wildman–Crippen MR) is 79.6 cm³/mol. The van der Waals surface area contributed by atoms with E-state index in [-0.39, 0.29) is 30.9 Å². The van der Waals surface area contributed by atoms with Crippen LogP contribution in [0.3, 0.4) is 0 Å². The summed E-state index contributed by atoms with van der Waals surface area (Å²) in [5.41, 5.74) is 1.08. The Hall–Kier alpha value is -1.88. The Labute approximate surface area is 125 Å². The van der Waals surface area contributed by atoms with Crippen molar-refractivity contribution >= 4 is 11.9 Å². The van der Waals surface area contributed by atoms with Crippen LogP contribution in [0, 0.1) is 0 Å². The third-order valence-electron chi connectivity index (χ3n) is 3.18. The zero-order valence-electron chi connectivity index (χ0n) is 12.9. The average molecular weight is 293 g/mol. The van der Waals surface area contributed by atoms with Crippen molar-refractivity contribution in [3.63, 3.8) is 0 Å². The van der Waals surface area contributed by atoms with Gasteiger partial charge in [-0.05, 0) is 19.4 Å². The molecular weight excluding hydrogens is 270 g/mol. The van der Waals surface area contributed by atoms with Crippen molar-refractivity contribution < 1.29 is 19.1 Å². The predicted octanol–water partition coefficient (Wildman–Crippen LogP) is 2.00. The lowest BCUT2D eigenvalue weighted by Crippen LogP contribution is -2.39. The number of methoxy groups -OCH3 is 1. The number of rotatable bonds is 8. The molecule has 0 saturated heterocycles. The number of carbonyl (C=O) groups is 2. The highest BCUT2D eigenvalue weighted by atomic mass is 16.5. The monoisotopic (exact) mass is 293 g/mol. The van der Waals surface area contributed by atoms with Gasteiger partial charge in [-0.25, -0.2) is 0 Å². The number of hydrogen-bond acceptors (Lipinski definition) is 5. The molecule has 5 nitrogen and oxygen atoms in total. The molecule has 0 heterocycles. The summed E-state index contributed by atoms with van der Waals surface area (Å²) in [6.45, 7) is 4.76. The lowest BCUT2D eigenvalue weighted by molar-refractivity contribution is -0.147. The molecule has 0 aliphatic rings. The van der Waals surface area contributed by atoms with Gasteiger partial charge in [0.15, 0.2) is 0 Å². The fourth-order valence-corrected chi connectivity index (χ4v) is 2.01. The molecule has 0 aromatic heterocycles. The summed E-state index contributed by atoms with van der Waals surface area (Å²) >= 11 is 0. The molecule has 0 radical (unpaired) electrons. The Kier molecular flexibility index (Phi) is 7.46.